The first kappa shape index (κ1) is 35.8. The van der Waals surface area contributed by atoms with Crippen molar-refractivity contribution >= 4 is 60.8 Å². The molecule has 1 spiro atoms. The summed E-state index contributed by atoms with van der Waals surface area (Å²) in [6.07, 6.45) is 4.80. The second kappa shape index (κ2) is 13.3. The van der Waals surface area contributed by atoms with Crippen molar-refractivity contribution in [2.45, 2.75) is 76.0 Å². The summed E-state index contributed by atoms with van der Waals surface area (Å²) < 4.78 is 64.1. The number of rotatable bonds is 6. The van der Waals surface area contributed by atoms with Crippen LogP contribution in [0.5, 0.6) is 6.01 Å². The monoisotopic (exact) mass is 766 g/mol. The third-order valence-electron chi connectivity index (χ3n) is 10.7. The Morgan fingerprint density at radius 1 is 1.21 bits per heavy atom. The molecule has 4 saturated heterocycles. The third kappa shape index (κ3) is 6.35. The average molecular weight is 767 g/mol. The predicted octanol–water partition coefficient (Wildman–Crippen LogP) is 8.89. The van der Waals surface area contributed by atoms with Gasteiger partial charge in [0.1, 0.15) is 40.4 Å². The molecule has 2 atom stereocenters. The molecule has 10 nitrogen and oxygen atoms in total. The number of hydrogen-bond acceptors (Lipinski definition) is 10. The van der Waals surface area contributed by atoms with Crippen LogP contribution in [0.4, 0.5) is 28.8 Å². The molecule has 4 aliphatic heterocycles. The minimum Gasteiger partial charge on any atom is -0.461 e. The van der Waals surface area contributed by atoms with Gasteiger partial charge in [0.05, 0.1) is 39.4 Å². The van der Waals surface area contributed by atoms with Gasteiger partial charge in [-0.3, -0.25) is 10.2 Å². The van der Waals surface area contributed by atoms with Crippen molar-refractivity contribution in [1.29, 1.82) is 5.26 Å². The van der Waals surface area contributed by atoms with Gasteiger partial charge in [-0.2, -0.15) is 15.2 Å². The van der Waals surface area contributed by atoms with Crippen LogP contribution in [0.15, 0.2) is 30.1 Å². The molecule has 0 aliphatic carbocycles. The lowest BCUT2D eigenvalue weighted by molar-refractivity contribution is -0.151. The summed E-state index contributed by atoms with van der Waals surface area (Å²) in [6.45, 7) is 8.50. The number of halogens is 4. The number of thiophene rings is 1. The largest absolute Gasteiger partial charge is 0.461 e. The SMILES string of the molecule is CC(C)(C)OC(=O)Nc1sc2c(F)ccc(-c3c(Cl)cc4c(N5CCCC6(CCO6)C5)nc(OCC56CCCN5C/C(=C\F)C6)nc4c3F)c2c1C#N. The number of nitrogens with zero attached hydrogens (tertiary/aromatic N) is 5. The van der Waals surface area contributed by atoms with Crippen molar-refractivity contribution in [3.8, 4) is 23.2 Å². The zero-order valence-corrected chi connectivity index (χ0v) is 31.2. The van der Waals surface area contributed by atoms with Crippen LogP contribution in [0.3, 0.4) is 0 Å². The molecule has 0 saturated carbocycles. The molecule has 2 aromatic heterocycles. The highest BCUT2D eigenvalue weighted by Gasteiger charge is 2.47. The summed E-state index contributed by atoms with van der Waals surface area (Å²) in [5, 5.41) is 13.4. The van der Waals surface area contributed by atoms with Gasteiger partial charge in [-0.05, 0) is 82.7 Å². The van der Waals surface area contributed by atoms with Crippen molar-refractivity contribution in [3.63, 3.8) is 0 Å². The Balaban J connectivity index is 1.25. The number of piperidine rings is 1. The topological polar surface area (TPSA) is 113 Å². The Morgan fingerprint density at radius 3 is 2.72 bits per heavy atom. The minimum absolute atomic E-state index is 0.00163. The molecule has 0 bridgehead atoms. The predicted molar refractivity (Wildman–Crippen MR) is 197 cm³/mol. The van der Waals surface area contributed by atoms with E-state index in [2.05, 4.69) is 26.2 Å². The van der Waals surface area contributed by atoms with Crippen LogP contribution in [0.1, 0.15) is 64.9 Å². The van der Waals surface area contributed by atoms with Gasteiger partial charge in [-0.15, -0.1) is 11.3 Å². The molecule has 0 radical (unpaired) electrons. The normalized spacial score (nSPS) is 23.8. The summed E-state index contributed by atoms with van der Waals surface area (Å²) in [7, 11) is 0. The molecule has 4 fully saturated rings. The lowest BCUT2D eigenvalue weighted by Gasteiger charge is -2.48. The number of anilines is 2. The number of carbonyl (C=O) groups excluding carboxylic acids is 1. The maximum atomic E-state index is 17.3. The van der Waals surface area contributed by atoms with E-state index in [-0.39, 0.29) is 60.5 Å². The maximum Gasteiger partial charge on any atom is 0.412 e. The fourth-order valence-electron chi connectivity index (χ4n) is 8.33. The molecule has 2 aromatic carbocycles. The van der Waals surface area contributed by atoms with E-state index >= 15 is 8.78 Å². The van der Waals surface area contributed by atoms with Crippen LogP contribution in [0.2, 0.25) is 5.02 Å². The molecule has 4 aliphatic rings. The number of nitriles is 1. The quantitative estimate of drug-likeness (QED) is 0.206. The van der Waals surface area contributed by atoms with Crippen LogP contribution in [-0.2, 0) is 9.47 Å². The van der Waals surface area contributed by atoms with Crippen molar-refractivity contribution in [2.75, 3.05) is 49.6 Å². The average Bonchev–Trinajstić information content (AvgIpc) is 3.77. The zero-order chi connectivity index (χ0) is 37.3. The van der Waals surface area contributed by atoms with Gasteiger partial charge in [0, 0.05) is 42.4 Å². The molecular weight excluding hydrogens is 729 g/mol. The first-order chi connectivity index (χ1) is 25.3. The number of benzene rings is 2. The number of ether oxygens (including phenoxy) is 3. The van der Waals surface area contributed by atoms with E-state index in [4.69, 9.17) is 30.8 Å². The first-order valence-electron chi connectivity index (χ1n) is 17.7. The van der Waals surface area contributed by atoms with Crippen molar-refractivity contribution in [2.24, 2.45) is 0 Å². The van der Waals surface area contributed by atoms with Gasteiger partial charge in [-0.1, -0.05) is 17.7 Å². The Kier molecular flexibility index (Phi) is 8.99. The number of hydrogen-bond donors (Lipinski definition) is 1. The lowest BCUT2D eigenvalue weighted by Crippen LogP contribution is -2.56. The summed E-state index contributed by atoms with van der Waals surface area (Å²) in [5.41, 5.74) is -0.904. The van der Waals surface area contributed by atoms with Crippen molar-refractivity contribution in [1.82, 2.24) is 14.9 Å². The Labute approximate surface area is 313 Å². The molecule has 1 N–H and O–H groups in total. The van der Waals surface area contributed by atoms with E-state index in [1.807, 2.05) is 0 Å². The lowest BCUT2D eigenvalue weighted by atomic mass is 9.86. The molecular formula is C38H38ClF3N6O4S. The smallest absolute Gasteiger partial charge is 0.412 e. The van der Waals surface area contributed by atoms with Crippen LogP contribution in [-0.4, -0.2) is 77.1 Å². The molecule has 2 unspecified atom stereocenters. The van der Waals surface area contributed by atoms with Crippen LogP contribution in [0, 0.1) is 23.0 Å². The summed E-state index contributed by atoms with van der Waals surface area (Å²) in [5.74, 6) is -1.01. The Morgan fingerprint density at radius 2 is 2.00 bits per heavy atom. The van der Waals surface area contributed by atoms with Crippen LogP contribution >= 0.6 is 22.9 Å². The van der Waals surface area contributed by atoms with E-state index in [0.29, 0.717) is 55.8 Å². The van der Waals surface area contributed by atoms with Crippen molar-refractivity contribution < 1.29 is 32.2 Å². The van der Waals surface area contributed by atoms with Gasteiger partial charge in [0.2, 0.25) is 0 Å². The first-order valence-corrected chi connectivity index (χ1v) is 18.9. The third-order valence-corrected chi connectivity index (χ3v) is 12.2. The second-order valence-corrected chi connectivity index (χ2v) is 16.8. The highest BCUT2D eigenvalue weighted by Crippen LogP contribution is 2.48. The highest BCUT2D eigenvalue weighted by atomic mass is 35.5. The van der Waals surface area contributed by atoms with E-state index < -0.39 is 28.9 Å². The van der Waals surface area contributed by atoms with Crippen molar-refractivity contribution in [3.05, 3.63) is 52.3 Å². The van der Waals surface area contributed by atoms with Gasteiger partial charge in [-0.25, -0.2) is 18.0 Å². The standard InChI is InChI=1S/C38H38ClF3N6O4S/c1-36(2,3)52-35(49)46-33-24(17-43)27-22(6-7-26(41)31(27)53-33)28-25(39)14-23-30(29(28)42)44-34(45-32(23)47-11-5-9-38(19-47)10-13-51-38)50-20-37-8-4-12-48(37)18-21(15-37)16-40/h6-7,14,16H,4-5,8-13,15,18-20H2,1-3H3,(H,46,49)/b21-16-. The summed E-state index contributed by atoms with van der Waals surface area (Å²) in [4.78, 5) is 26.4. The maximum absolute atomic E-state index is 17.3. The Hall–Kier alpha value is -4.16. The fourth-order valence-corrected chi connectivity index (χ4v) is 9.69. The molecule has 15 heteroatoms. The molecule has 53 heavy (non-hydrogen) atoms. The number of nitrogens with one attached hydrogen (secondary N) is 1. The molecule has 6 heterocycles. The molecule has 4 aromatic rings. The van der Waals surface area contributed by atoms with Crippen LogP contribution in [0.25, 0.3) is 32.1 Å². The van der Waals surface area contributed by atoms with Gasteiger partial charge in [0.15, 0.2) is 5.82 Å². The second-order valence-electron chi connectivity index (χ2n) is 15.4. The van der Waals surface area contributed by atoms with E-state index in [1.54, 1.807) is 26.8 Å². The molecule has 8 rings (SSSR count). The number of aromatic nitrogens is 2. The zero-order valence-electron chi connectivity index (χ0n) is 29.6. The Bertz CT molecular complexity index is 2230. The van der Waals surface area contributed by atoms with Gasteiger partial charge < -0.3 is 19.1 Å². The van der Waals surface area contributed by atoms with E-state index in [1.165, 1.54) is 12.1 Å². The minimum atomic E-state index is -0.823. The highest BCUT2D eigenvalue weighted by molar-refractivity contribution is 7.23. The van der Waals surface area contributed by atoms with E-state index in [9.17, 15) is 14.4 Å². The molecule has 278 valence electrons. The van der Waals surface area contributed by atoms with Crippen LogP contribution < -0.4 is 15.0 Å². The van der Waals surface area contributed by atoms with Gasteiger partial charge >= 0.3 is 12.1 Å². The summed E-state index contributed by atoms with van der Waals surface area (Å²) >= 11 is 7.79. The number of carbonyl (C=O) groups is 1. The number of fused-ring (bicyclic) bond motifs is 3. The fraction of sp³-hybridized carbons (Fsp3) is 0.474. The number of amides is 1. The van der Waals surface area contributed by atoms with E-state index in [0.717, 1.165) is 50.0 Å². The van der Waals surface area contributed by atoms with Gasteiger partial charge in [0.25, 0.3) is 0 Å². The molecule has 1 amide bonds. The summed E-state index contributed by atoms with van der Waals surface area (Å²) in [6, 6.07) is 6.16.